The molecule has 0 radical (unpaired) electrons. The minimum Gasteiger partial charge on any atom is -0.477 e. The molecule has 0 aromatic carbocycles. The standard InChI is InChI=1S/C9H10N2O5S/c12-9(13)7-3-6(11(14)15)8(17-7)10-4-5-1-2-16-5/h3,5,10H,1-2,4H2,(H,12,13). The molecule has 0 spiro atoms. The van der Waals surface area contributed by atoms with Crippen molar-refractivity contribution in [1.82, 2.24) is 0 Å². The molecule has 92 valence electrons. The number of carbonyl (C=O) groups is 1. The Morgan fingerprint density at radius 3 is 2.94 bits per heavy atom. The van der Waals surface area contributed by atoms with Crippen molar-refractivity contribution >= 4 is 28.0 Å². The molecule has 1 aliphatic heterocycles. The summed E-state index contributed by atoms with van der Waals surface area (Å²) in [6.07, 6.45) is 0.975. The SMILES string of the molecule is O=C(O)c1cc([N+](=O)[O-])c(NCC2CCO2)s1. The van der Waals surface area contributed by atoms with Gasteiger partial charge in [-0.05, 0) is 6.42 Å². The zero-order chi connectivity index (χ0) is 12.4. The number of carboxylic acids is 1. The number of anilines is 1. The normalized spacial score (nSPS) is 18.5. The van der Waals surface area contributed by atoms with E-state index in [-0.39, 0.29) is 21.7 Å². The van der Waals surface area contributed by atoms with Crippen LogP contribution < -0.4 is 5.32 Å². The third-order valence-electron chi connectivity index (χ3n) is 2.40. The number of ether oxygens (including phenoxy) is 1. The summed E-state index contributed by atoms with van der Waals surface area (Å²) in [6, 6.07) is 1.07. The average Bonchev–Trinajstić information content (AvgIpc) is 2.59. The molecule has 1 unspecified atom stereocenters. The number of rotatable bonds is 5. The Balaban J connectivity index is 2.12. The molecule has 0 bridgehead atoms. The molecule has 8 heteroatoms. The highest BCUT2D eigenvalue weighted by Gasteiger charge is 2.24. The van der Waals surface area contributed by atoms with Gasteiger partial charge in [-0.2, -0.15) is 0 Å². The van der Waals surface area contributed by atoms with Gasteiger partial charge in [0.15, 0.2) is 5.00 Å². The first kappa shape index (κ1) is 11.8. The van der Waals surface area contributed by atoms with Crippen molar-refractivity contribution in [3.05, 3.63) is 21.1 Å². The van der Waals surface area contributed by atoms with E-state index >= 15 is 0 Å². The molecule has 1 aromatic heterocycles. The summed E-state index contributed by atoms with van der Waals surface area (Å²) >= 11 is 0.865. The summed E-state index contributed by atoms with van der Waals surface area (Å²) in [5.74, 6) is -1.16. The third kappa shape index (κ3) is 2.53. The van der Waals surface area contributed by atoms with Crippen LogP contribution in [0.1, 0.15) is 16.1 Å². The molecule has 1 saturated heterocycles. The van der Waals surface area contributed by atoms with Gasteiger partial charge in [0.05, 0.1) is 11.0 Å². The molecule has 0 aliphatic carbocycles. The van der Waals surface area contributed by atoms with Crippen molar-refractivity contribution in [3.8, 4) is 0 Å². The van der Waals surface area contributed by atoms with Crippen molar-refractivity contribution < 1.29 is 19.6 Å². The first-order valence-corrected chi connectivity index (χ1v) is 5.76. The van der Waals surface area contributed by atoms with Crippen LogP contribution in [0.3, 0.4) is 0 Å². The fourth-order valence-corrected chi connectivity index (χ4v) is 2.27. The second-order valence-corrected chi connectivity index (χ2v) is 4.60. The fraction of sp³-hybridized carbons (Fsp3) is 0.444. The zero-order valence-electron chi connectivity index (χ0n) is 8.71. The van der Waals surface area contributed by atoms with Crippen molar-refractivity contribution in [3.63, 3.8) is 0 Å². The Morgan fingerprint density at radius 1 is 1.76 bits per heavy atom. The Kier molecular flexibility index (Phi) is 3.25. The number of nitro groups is 1. The van der Waals surface area contributed by atoms with Crippen LogP contribution in [0.4, 0.5) is 10.7 Å². The molecule has 2 rings (SSSR count). The summed E-state index contributed by atoms with van der Waals surface area (Å²) in [6.45, 7) is 1.17. The summed E-state index contributed by atoms with van der Waals surface area (Å²) < 4.78 is 5.16. The van der Waals surface area contributed by atoms with Gasteiger partial charge >= 0.3 is 11.7 Å². The second kappa shape index (κ2) is 4.68. The quantitative estimate of drug-likeness (QED) is 0.613. The number of nitrogens with one attached hydrogen (secondary N) is 1. The lowest BCUT2D eigenvalue weighted by molar-refractivity contribution is -0.383. The van der Waals surface area contributed by atoms with Gasteiger partial charge in [-0.15, -0.1) is 11.3 Å². The van der Waals surface area contributed by atoms with Crippen LogP contribution in [-0.4, -0.2) is 35.3 Å². The van der Waals surface area contributed by atoms with Crippen molar-refractivity contribution in [1.29, 1.82) is 0 Å². The summed E-state index contributed by atoms with van der Waals surface area (Å²) in [4.78, 5) is 20.8. The molecule has 2 N–H and O–H groups in total. The smallest absolute Gasteiger partial charge is 0.346 e. The highest BCUT2D eigenvalue weighted by atomic mass is 32.1. The molecule has 0 saturated carbocycles. The van der Waals surface area contributed by atoms with E-state index in [2.05, 4.69) is 5.32 Å². The van der Waals surface area contributed by atoms with Crippen LogP contribution >= 0.6 is 11.3 Å². The van der Waals surface area contributed by atoms with E-state index in [4.69, 9.17) is 9.84 Å². The van der Waals surface area contributed by atoms with Gasteiger partial charge in [0, 0.05) is 19.2 Å². The largest absolute Gasteiger partial charge is 0.477 e. The van der Waals surface area contributed by atoms with Crippen LogP contribution in [0.2, 0.25) is 0 Å². The van der Waals surface area contributed by atoms with Crippen LogP contribution in [0, 0.1) is 10.1 Å². The number of hydrogen-bond donors (Lipinski definition) is 2. The number of nitrogens with zero attached hydrogens (tertiary/aromatic N) is 1. The molecule has 1 atom stereocenters. The predicted molar refractivity (Wildman–Crippen MR) is 60.8 cm³/mol. The van der Waals surface area contributed by atoms with E-state index in [1.165, 1.54) is 0 Å². The second-order valence-electron chi connectivity index (χ2n) is 3.55. The monoisotopic (exact) mass is 258 g/mol. The molecular weight excluding hydrogens is 248 g/mol. The molecule has 1 fully saturated rings. The molecule has 0 amide bonds. The van der Waals surface area contributed by atoms with Crippen LogP contribution in [0.25, 0.3) is 0 Å². The van der Waals surface area contributed by atoms with Crippen LogP contribution in [0.5, 0.6) is 0 Å². The van der Waals surface area contributed by atoms with Crippen molar-refractivity contribution in [2.24, 2.45) is 0 Å². The van der Waals surface area contributed by atoms with E-state index < -0.39 is 10.9 Å². The van der Waals surface area contributed by atoms with Crippen LogP contribution in [0.15, 0.2) is 6.07 Å². The molecule has 17 heavy (non-hydrogen) atoms. The minimum absolute atomic E-state index is 0.0475. The Bertz CT molecular complexity index is 454. The van der Waals surface area contributed by atoms with E-state index in [0.717, 1.165) is 23.8 Å². The summed E-state index contributed by atoms with van der Waals surface area (Å²) in [7, 11) is 0. The molecule has 2 heterocycles. The number of thiophene rings is 1. The minimum atomic E-state index is -1.16. The van der Waals surface area contributed by atoms with Crippen LogP contribution in [-0.2, 0) is 4.74 Å². The first-order valence-electron chi connectivity index (χ1n) is 4.95. The molecule has 1 aliphatic rings. The lowest BCUT2D eigenvalue weighted by Gasteiger charge is -2.26. The molecule has 1 aromatic rings. The fourth-order valence-electron chi connectivity index (χ4n) is 1.40. The van der Waals surface area contributed by atoms with Crippen molar-refractivity contribution in [2.75, 3.05) is 18.5 Å². The average molecular weight is 258 g/mol. The molecule has 7 nitrogen and oxygen atoms in total. The Morgan fingerprint density at radius 2 is 2.47 bits per heavy atom. The van der Waals surface area contributed by atoms with Gasteiger partial charge in [-0.1, -0.05) is 0 Å². The highest BCUT2D eigenvalue weighted by molar-refractivity contribution is 7.18. The zero-order valence-corrected chi connectivity index (χ0v) is 9.53. The summed E-state index contributed by atoms with van der Waals surface area (Å²) in [5.41, 5.74) is -0.202. The maximum absolute atomic E-state index is 10.7. The van der Waals surface area contributed by atoms with Gasteiger partial charge < -0.3 is 15.2 Å². The van der Waals surface area contributed by atoms with Crippen molar-refractivity contribution in [2.45, 2.75) is 12.5 Å². The maximum Gasteiger partial charge on any atom is 0.346 e. The Labute approximate surface area is 100 Å². The van der Waals surface area contributed by atoms with E-state index in [0.29, 0.717) is 13.2 Å². The van der Waals surface area contributed by atoms with Gasteiger partial charge in [-0.25, -0.2) is 4.79 Å². The first-order chi connectivity index (χ1) is 8.08. The van der Waals surface area contributed by atoms with E-state index in [9.17, 15) is 14.9 Å². The third-order valence-corrected chi connectivity index (χ3v) is 3.47. The van der Waals surface area contributed by atoms with Gasteiger partial charge in [0.1, 0.15) is 4.88 Å². The van der Waals surface area contributed by atoms with E-state index in [1.54, 1.807) is 0 Å². The van der Waals surface area contributed by atoms with Gasteiger partial charge in [0.2, 0.25) is 0 Å². The number of aromatic carboxylic acids is 1. The Hall–Kier alpha value is -1.67. The lowest BCUT2D eigenvalue weighted by atomic mass is 10.2. The predicted octanol–water partition coefficient (Wildman–Crippen LogP) is 1.56. The highest BCUT2D eigenvalue weighted by Crippen LogP contribution is 2.34. The van der Waals surface area contributed by atoms with Gasteiger partial charge in [0.25, 0.3) is 0 Å². The lowest BCUT2D eigenvalue weighted by Crippen LogP contribution is -2.33. The summed E-state index contributed by atoms with van der Waals surface area (Å²) in [5, 5.41) is 22.6. The number of carboxylic acid groups (broad SMARTS) is 1. The topological polar surface area (TPSA) is 102 Å². The maximum atomic E-state index is 10.7. The molecular formula is C9H10N2O5S. The van der Waals surface area contributed by atoms with E-state index in [1.807, 2.05) is 0 Å². The number of hydrogen-bond acceptors (Lipinski definition) is 6. The van der Waals surface area contributed by atoms with Gasteiger partial charge in [-0.3, -0.25) is 10.1 Å².